The molecule has 5 nitrogen and oxygen atoms in total. The molecule has 0 bridgehead atoms. The van der Waals surface area contributed by atoms with Gasteiger partial charge in [0.2, 0.25) is 5.91 Å². The molecule has 5 heteroatoms. The molecule has 0 atom stereocenters. The van der Waals surface area contributed by atoms with Gasteiger partial charge in [-0.25, -0.2) is 0 Å². The Morgan fingerprint density at radius 2 is 1.90 bits per heavy atom. The van der Waals surface area contributed by atoms with E-state index in [4.69, 9.17) is 5.73 Å². The fourth-order valence-electron chi connectivity index (χ4n) is 1.96. The van der Waals surface area contributed by atoms with Gasteiger partial charge in [0.25, 0.3) is 0 Å². The minimum atomic E-state index is -0.0730. The van der Waals surface area contributed by atoms with Gasteiger partial charge in [-0.1, -0.05) is 29.8 Å². The number of benzene rings is 1. The van der Waals surface area contributed by atoms with Crippen LogP contribution in [0.25, 0.3) is 0 Å². The average Bonchev–Trinajstić information content (AvgIpc) is 2.66. The van der Waals surface area contributed by atoms with Crippen LogP contribution in [-0.2, 0) is 17.9 Å². The van der Waals surface area contributed by atoms with Crippen LogP contribution in [0.15, 0.2) is 24.3 Å². The molecule has 0 aliphatic heterocycles. The number of aromatic nitrogens is 2. The van der Waals surface area contributed by atoms with Crippen molar-refractivity contribution >= 4 is 11.6 Å². The van der Waals surface area contributed by atoms with Gasteiger partial charge in [-0.15, -0.1) is 0 Å². The summed E-state index contributed by atoms with van der Waals surface area (Å²) in [5.74, 6) is -0.0730. The molecular weight excluding hydrogens is 252 g/mol. The van der Waals surface area contributed by atoms with Gasteiger partial charge >= 0.3 is 0 Å². The molecule has 2 aromatic rings. The maximum atomic E-state index is 11.9. The van der Waals surface area contributed by atoms with E-state index < -0.39 is 0 Å². The molecule has 0 aliphatic carbocycles. The Labute approximate surface area is 118 Å². The minimum Gasteiger partial charge on any atom is -0.396 e. The fraction of sp³-hybridized carbons (Fsp3) is 0.333. The summed E-state index contributed by atoms with van der Waals surface area (Å²) in [7, 11) is 0. The summed E-state index contributed by atoms with van der Waals surface area (Å²) in [6, 6.07) is 8.08. The van der Waals surface area contributed by atoms with Gasteiger partial charge in [-0.2, -0.15) is 5.10 Å². The summed E-state index contributed by atoms with van der Waals surface area (Å²) in [6.07, 6.45) is 0. The van der Waals surface area contributed by atoms with Gasteiger partial charge in [-0.3, -0.25) is 9.48 Å². The molecule has 0 unspecified atom stereocenters. The van der Waals surface area contributed by atoms with Crippen LogP contribution in [0.3, 0.4) is 0 Å². The molecule has 1 heterocycles. The van der Waals surface area contributed by atoms with Crippen molar-refractivity contribution in [2.24, 2.45) is 0 Å². The SMILES string of the molecule is Cc1ccc(CNC(=O)Cn2nc(C)c(N)c2C)cc1. The lowest BCUT2D eigenvalue weighted by Crippen LogP contribution is -2.28. The van der Waals surface area contributed by atoms with Crippen molar-refractivity contribution in [1.82, 2.24) is 15.1 Å². The van der Waals surface area contributed by atoms with Crippen molar-refractivity contribution in [3.05, 3.63) is 46.8 Å². The van der Waals surface area contributed by atoms with E-state index in [2.05, 4.69) is 10.4 Å². The van der Waals surface area contributed by atoms with E-state index in [0.717, 1.165) is 17.0 Å². The molecular formula is C15H20N4O. The number of amides is 1. The van der Waals surface area contributed by atoms with E-state index >= 15 is 0 Å². The van der Waals surface area contributed by atoms with Gasteiger partial charge in [0.15, 0.2) is 0 Å². The summed E-state index contributed by atoms with van der Waals surface area (Å²) in [4.78, 5) is 11.9. The molecule has 0 spiro atoms. The lowest BCUT2D eigenvalue weighted by atomic mass is 10.1. The summed E-state index contributed by atoms with van der Waals surface area (Å²) in [6.45, 7) is 6.45. The molecule has 3 N–H and O–H groups in total. The Morgan fingerprint density at radius 3 is 2.45 bits per heavy atom. The Kier molecular flexibility index (Phi) is 4.08. The van der Waals surface area contributed by atoms with Crippen LogP contribution >= 0.6 is 0 Å². The van der Waals surface area contributed by atoms with E-state index in [9.17, 15) is 4.79 Å². The maximum Gasteiger partial charge on any atom is 0.242 e. The van der Waals surface area contributed by atoms with Crippen LogP contribution in [0.1, 0.15) is 22.5 Å². The van der Waals surface area contributed by atoms with Gasteiger partial charge < -0.3 is 11.1 Å². The molecule has 20 heavy (non-hydrogen) atoms. The van der Waals surface area contributed by atoms with Gasteiger partial charge in [0.05, 0.1) is 17.1 Å². The third kappa shape index (κ3) is 3.17. The summed E-state index contributed by atoms with van der Waals surface area (Å²) < 4.78 is 1.63. The largest absolute Gasteiger partial charge is 0.396 e. The second-order valence-electron chi connectivity index (χ2n) is 5.00. The Balaban J connectivity index is 1.92. The molecule has 0 saturated carbocycles. The van der Waals surface area contributed by atoms with E-state index in [1.807, 2.05) is 45.0 Å². The molecule has 0 aliphatic rings. The Hall–Kier alpha value is -2.30. The molecule has 0 saturated heterocycles. The Bertz CT molecular complexity index is 614. The summed E-state index contributed by atoms with van der Waals surface area (Å²) in [5.41, 5.74) is 10.4. The van der Waals surface area contributed by atoms with Gasteiger partial charge in [0.1, 0.15) is 6.54 Å². The van der Waals surface area contributed by atoms with Crippen molar-refractivity contribution in [3.8, 4) is 0 Å². The standard InChI is InChI=1S/C15H20N4O/c1-10-4-6-13(7-5-10)8-17-14(20)9-19-12(3)15(16)11(2)18-19/h4-7H,8-9,16H2,1-3H3,(H,17,20). The van der Waals surface area contributed by atoms with E-state index in [1.54, 1.807) is 4.68 Å². The number of nitrogens with zero attached hydrogens (tertiary/aromatic N) is 2. The second kappa shape index (κ2) is 5.77. The van der Waals surface area contributed by atoms with Crippen molar-refractivity contribution in [3.63, 3.8) is 0 Å². The zero-order valence-electron chi connectivity index (χ0n) is 12.1. The number of nitrogens with one attached hydrogen (secondary N) is 1. The number of hydrogen-bond donors (Lipinski definition) is 2. The summed E-state index contributed by atoms with van der Waals surface area (Å²) >= 11 is 0. The van der Waals surface area contributed by atoms with Crippen LogP contribution in [0.4, 0.5) is 5.69 Å². The lowest BCUT2D eigenvalue weighted by molar-refractivity contribution is -0.122. The number of hydrogen-bond acceptors (Lipinski definition) is 3. The zero-order valence-corrected chi connectivity index (χ0v) is 12.1. The predicted octanol–water partition coefficient (Wildman–Crippen LogP) is 1.71. The monoisotopic (exact) mass is 272 g/mol. The molecule has 1 amide bonds. The minimum absolute atomic E-state index is 0.0730. The molecule has 1 aromatic heterocycles. The van der Waals surface area contributed by atoms with Crippen LogP contribution in [0, 0.1) is 20.8 Å². The number of nitrogen functional groups attached to an aromatic ring is 1. The number of nitrogens with two attached hydrogens (primary N) is 1. The van der Waals surface area contributed by atoms with Crippen LogP contribution in [-0.4, -0.2) is 15.7 Å². The van der Waals surface area contributed by atoms with E-state index in [0.29, 0.717) is 12.2 Å². The third-order valence-electron chi connectivity index (χ3n) is 3.34. The van der Waals surface area contributed by atoms with Gasteiger partial charge in [-0.05, 0) is 26.3 Å². The van der Waals surface area contributed by atoms with E-state index in [1.165, 1.54) is 5.56 Å². The fourth-order valence-corrected chi connectivity index (χ4v) is 1.96. The van der Waals surface area contributed by atoms with Crippen molar-refractivity contribution in [1.29, 1.82) is 0 Å². The van der Waals surface area contributed by atoms with Crippen molar-refractivity contribution < 1.29 is 4.79 Å². The molecule has 0 radical (unpaired) electrons. The average molecular weight is 272 g/mol. The highest BCUT2D eigenvalue weighted by atomic mass is 16.2. The highest BCUT2D eigenvalue weighted by molar-refractivity contribution is 5.75. The van der Waals surface area contributed by atoms with E-state index in [-0.39, 0.29) is 12.5 Å². The van der Waals surface area contributed by atoms with Crippen LogP contribution in [0.5, 0.6) is 0 Å². The first kappa shape index (κ1) is 14.1. The number of anilines is 1. The molecule has 2 rings (SSSR count). The lowest BCUT2D eigenvalue weighted by Gasteiger charge is -2.07. The third-order valence-corrected chi connectivity index (χ3v) is 3.34. The topological polar surface area (TPSA) is 72.9 Å². The van der Waals surface area contributed by atoms with Gasteiger partial charge in [0, 0.05) is 6.54 Å². The first-order chi connectivity index (χ1) is 9.47. The normalized spacial score (nSPS) is 10.6. The smallest absolute Gasteiger partial charge is 0.242 e. The first-order valence-corrected chi connectivity index (χ1v) is 6.59. The maximum absolute atomic E-state index is 11.9. The second-order valence-corrected chi connectivity index (χ2v) is 5.00. The first-order valence-electron chi connectivity index (χ1n) is 6.59. The molecule has 0 fully saturated rings. The van der Waals surface area contributed by atoms with Crippen molar-refractivity contribution in [2.45, 2.75) is 33.9 Å². The zero-order chi connectivity index (χ0) is 14.7. The van der Waals surface area contributed by atoms with Crippen molar-refractivity contribution in [2.75, 3.05) is 5.73 Å². The number of rotatable bonds is 4. The molecule has 106 valence electrons. The highest BCUT2D eigenvalue weighted by Gasteiger charge is 2.11. The molecule has 1 aromatic carbocycles. The number of aryl methyl sites for hydroxylation is 2. The van der Waals surface area contributed by atoms with Crippen LogP contribution in [0.2, 0.25) is 0 Å². The highest BCUT2D eigenvalue weighted by Crippen LogP contribution is 2.14. The number of carbonyl (C=O) groups is 1. The Morgan fingerprint density at radius 1 is 1.25 bits per heavy atom. The summed E-state index contributed by atoms with van der Waals surface area (Å²) in [5, 5.41) is 7.13. The predicted molar refractivity (Wildman–Crippen MR) is 79.1 cm³/mol. The quantitative estimate of drug-likeness (QED) is 0.890. The number of carbonyl (C=O) groups excluding carboxylic acids is 1. The van der Waals surface area contributed by atoms with Crippen LogP contribution < -0.4 is 11.1 Å².